The SMILES string of the molecule is COc1ccccc1OCc1cccc(C(=O)Nc2nn(Cc3ccccc3F)cc2Br)c1. The number of hydrogen-bond donors (Lipinski definition) is 1. The zero-order valence-electron chi connectivity index (χ0n) is 17.8. The molecule has 168 valence electrons. The lowest BCUT2D eigenvalue weighted by atomic mass is 10.1. The van der Waals surface area contributed by atoms with Crippen molar-refractivity contribution in [1.29, 1.82) is 0 Å². The number of carbonyl (C=O) groups is 1. The maximum absolute atomic E-state index is 13.9. The smallest absolute Gasteiger partial charge is 0.256 e. The van der Waals surface area contributed by atoms with Gasteiger partial charge in [0.2, 0.25) is 0 Å². The van der Waals surface area contributed by atoms with E-state index in [-0.39, 0.29) is 24.9 Å². The second kappa shape index (κ2) is 10.3. The van der Waals surface area contributed by atoms with Crippen LogP contribution < -0.4 is 14.8 Å². The zero-order chi connectivity index (χ0) is 23.2. The van der Waals surface area contributed by atoms with Gasteiger partial charge in [0.1, 0.15) is 12.4 Å². The molecule has 4 aromatic rings. The number of aromatic nitrogens is 2. The molecule has 8 heteroatoms. The molecule has 1 aromatic heterocycles. The normalized spacial score (nSPS) is 10.6. The Bertz CT molecular complexity index is 1280. The van der Waals surface area contributed by atoms with E-state index in [4.69, 9.17) is 9.47 Å². The first-order valence-electron chi connectivity index (χ1n) is 10.2. The number of nitrogens with zero attached hydrogens (tertiary/aromatic N) is 2. The van der Waals surface area contributed by atoms with Crippen LogP contribution >= 0.6 is 15.9 Å². The monoisotopic (exact) mass is 509 g/mol. The number of carbonyl (C=O) groups excluding carboxylic acids is 1. The number of ether oxygens (including phenoxy) is 2. The molecule has 0 unspecified atom stereocenters. The molecule has 33 heavy (non-hydrogen) atoms. The van der Waals surface area contributed by atoms with E-state index in [2.05, 4.69) is 26.3 Å². The second-order valence-electron chi connectivity index (χ2n) is 7.21. The van der Waals surface area contributed by atoms with E-state index in [1.54, 1.807) is 54.4 Å². The van der Waals surface area contributed by atoms with Gasteiger partial charge in [0.15, 0.2) is 17.3 Å². The van der Waals surface area contributed by atoms with Gasteiger partial charge in [-0.2, -0.15) is 5.10 Å². The summed E-state index contributed by atoms with van der Waals surface area (Å²) in [7, 11) is 1.59. The summed E-state index contributed by atoms with van der Waals surface area (Å²) in [5.41, 5.74) is 1.80. The van der Waals surface area contributed by atoms with Crippen molar-refractivity contribution >= 4 is 27.7 Å². The Morgan fingerprint density at radius 3 is 2.61 bits per heavy atom. The number of para-hydroxylation sites is 2. The minimum atomic E-state index is -0.314. The third-order valence-electron chi connectivity index (χ3n) is 4.89. The summed E-state index contributed by atoms with van der Waals surface area (Å²) >= 11 is 3.41. The van der Waals surface area contributed by atoms with Crippen LogP contribution in [0.25, 0.3) is 0 Å². The van der Waals surface area contributed by atoms with Crippen molar-refractivity contribution in [3.63, 3.8) is 0 Å². The van der Waals surface area contributed by atoms with E-state index in [0.29, 0.717) is 32.9 Å². The first-order chi connectivity index (χ1) is 16.0. The first-order valence-corrected chi connectivity index (χ1v) is 11.0. The highest BCUT2D eigenvalue weighted by Gasteiger charge is 2.14. The van der Waals surface area contributed by atoms with Gasteiger partial charge in [0, 0.05) is 17.3 Å². The van der Waals surface area contributed by atoms with Crippen LogP contribution in [-0.2, 0) is 13.2 Å². The number of benzene rings is 3. The number of hydrogen-bond acceptors (Lipinski definition) is 4. The van der Waals surface area contributed by atoms with Crippen molar-refractivity contribution in [3.05, 3.63) is 106 Å². The Morgan fingerprint density at radius 2 is 1.82 bits per heavy atom. The van der Waals surface area contributed by atoms with Gasteiger partial charge in [0.25, 0.3) is 5.91 Å². The van der Waals surface area contributed by atoms with Crippen LogP contribution in [0.2, 0.25) is 0 Å². The molecule has 1 heterocycles. The predicted octanol–water partition coefficient (Wildman–Crippen LogP) is 5.67. The molecule has 6 nitrogen and oxygen atoms in total. The van der Waals surface area contributed by atoms with Crippen molar-refractivity contribution in [2.45, 2.75) is 13.2 Å². The summed E-state index contributed by atoms with van der Waals surface area (Å²) in [5.74, 6) is 1.00. The summed E-state index contributed by atoms with van der Waals surface area (Å²) in [6.07, 6.45) is 1.69. The number of rotatable bonds is 8. The van der Waals surface area contributed by atoms with E-state index >= 15 is 0 Å². The first kappa shape index (κ1) is 22.5. The third-order valence-corrected chi connectivity index (χ3v) is 5.47. The van der Waals surface area contributed by atoms with Gasteiger partial charge in [-0.05, 0) is 51.8 Å². The Hall–Kier alpha value is -3.65. The van der Waals surface area contributed by atoms with Crippen LogP contribution in [0.1, 0.15) is 21.5 Å². The lowest BCUT2D eigenvalue weighted by Gasteiger charge is -2.11. The van der Waals surface area contributed by atoms with Crippen LogP contribution in [0.15, 0.2) is 83.5 Å². The second-order valence-corrected chi connectivity index (χ2v) is 8.06. The van der Waals surface area contributed by atoms with Crippen molar-refractivity contribution in [2.24, 2.45) is 0 Å². The molecular formula is C25H21BrFN3O3. The Labute approximate surface area is 199 Å². The summed E-state index contributed by atoms with van der Waals surface area (Å²) in [4.78, 5) is 12.8. The lowest BCUT2D eigenvalue weighted by molar-refractivity contribution is 0.102. The Kier molecular flexibility index (Phi) is 7.04. The van der Waals surface area contributed by atoms with E-state index in [9.17, 15) is 9.18 Å². The molecule has 1 amide bonds. The fraction of sp³-hybridized carbons (Fsp3) is 0.120. The van der Waals surface area contributed by atoms with Crippen molar-refractivity contribution in [1.82, 2.24) is 9.78 Å². The standard InChI is InChI=1S/C25H21BrFN3O3/c1-32-22-11-4-5-12-23(22)33-16-17-7-6-9-18(13-17)25(31)28-24-20(26)15-30(29-24)14-19-8-2-3-10-21(19)27/h2-13,15H,14,16H2,1H3,(H,28,29,31). The number of methoxy groups -OCH3 is 1. The van der Waals surface area contributed by atoms with Gasteiger partial charge >= 0.3 is 0 Å². The van der Waals surface area contributed by atoms with Gasteiger partial charge in [-0.1, -0.05) is 42.5 Å². The minimum absolute atomic E-state index is 0.247. The molecule has 0 bridgehead atoms. The fourth-order valence-corrected chi connectivity index (χ4v) is 3.66. The quantitative estimate of drug-likeness (QED) is 0.332. The third kappa shape index (κ3) is 5.59. The lowest BCUT2D eigenvalue weighted by Crippen LogP contribution is -2.14. The molecule has 0 fully saturated rings. The molecule has 0 spiro atoms. The van der Waals surface area contributed by atoms with Crippen LogP contribution in [0, 0.1) is 5.82 Å². The largest absolute Gasteiger partial charge is 0.493 e. The highest BCUT2D eigenvalue weighted by molar-refractivity contribution is 9.10. The van der Waals surface area contributed by atoms with Gasteiger partial charge in [-0.25, -0.2) is 4.39 Å². The summed E-state index contributed by atoms with van der Waals surface area (Å²) < 4.78 is 27.2. The minimum Gasteiger partial charge on any atom is -0.493 e. The van der Waals surface area contributed by atoms with Crippen molar-refractivity contribution in [2.75, 3.05) is 12.4 Å². The van der Waals surface area contributed by atoms with Crippen molar-refractivity contribution in [3.8, 4) is 11.5 Å². The molecule has 3 aromatic carbocycles. The number of nitrogens with one attached hydrogen (secondary N) is 1. The molecule has 0 saturated heterocycles. The van der Waals surface area contributed by atoms with E-state index in [0.717, 1.165) is 5.56 Å². The average molecular weight is 510 g/mol. The molecule has 0 aliphatic heterocycles. The zero-order valence-corrected chi connectivity index (χ0v) is 19.4. The van der Waals surface area contributed by atoms with Gasteiger partial charge < -0.3 is 14.8 Å². The molecular weight excluding hydrogens is 489 g/mol. The van der Waals surface area contributed by atoms with E-state index < -0.39 is 0 Å². The van der Waals surface area contributed by atoms with E-state index in [1.807, 2.05) is 30.3 Å². The summed E-state index contributed by atoms with van der Waals surface area (Å²) in [5, 5.41) is 7.16. The van der Waals surface area contributed by atoms with Crippen LogP contribution in [0.3, 0.4) is 0 Å². The van der Waals surface area contributed by atoms with Crippen molar-refractivity contribution < 1.29 is 18.7 Å². The summed E-state index contributed by atoms with van der Waals surface area (Å²) in [6, 6.07) is 21.0. The Balaban J connectivity index is 1.43. The topological polar surface area (TPSA) is 65.4 Å². The molecule has 0 aliphatic rings. The highest BCUT2D eigenvalue weighted by Crippen LogP contribution is 2.27. The molecule has 0 atom stereocenters. The number of anilines is 1. The van der Waals surface area contributed by atoms with Gasteiger partial charge in [-0.3, -0.25) is 9.48 Å². The molecule has 0 saturated carbocycles. The fourth-order valence-electron chi connectivity index (χ4n) is 3.25. The molecule has 4 rings (SSSR count). The van der Waals surface area contributed by atoms with Gasteiger partial charge in [-0.15, -0.1) is 0 Å². The van der Waals surface area contributed by atoms with Crippen LogP contribution in [0.5, 0.6) is 11.5 Å². The molecule has 0 radical (unpaired) electrons. The maximum Gasteiger partial charge on any atom is 0.256 e. The Morgan fingerprint density at radius 1 is 1.06 bits per heavy atom. The molecule has 0 aliphatic carbocycles. The van der Waals surface area contributed by atoms with Crippen LogP contribution in [-0.4, -0.2) is 22.8 Å². The van der Waals surface area contributed by atoms with E-state index in [1.165, 1.54) is 6.07 Å². The summed E-state index contributed by atoms with van der Waals surface area (Å²) in [6.45, 7) is 0.527. The number of amides is 1. The predicted molar refractivity (Wildman–Crippen MR) is 127 cm³/mol. The highest BCUT2D eigenvalue weighted by atomic mass is 79.9. The van der Waals surface area contributed by atoms with Gasteiger partial charge in [0.05, 0.1) is 18.1 Å². The maximum atomic E-state index is 13.9. The number of halogens is 2. The van der Waals surface area contributed by atoms with Crippen LogP contribution in [0.4, 0.5) is 10.2 Å². The average Bonchev–Trinajstić information content (AvgIpc) is 3.18. The molecule has 1 N–H and O–H groups in total.